The molecule has 3 rings (SSSR count). The molecule has 2 atom stereocenters. The van der Waals surface area contributed by atoms with Crippen molar-refractivity contribution in [1.82, 2.24) is 9.97 Å². The number of nitrogens with one attached hydrogen (secondary N) is 1. The Hall–Kier alpha value is -2.18. The molecule has 1 aliphatic heterocycles. The van der Waals surface area contributed by atoms with Gasteiger partial charge in [0.25, 0.3) is 0 Å². The highest BCUT2D eigenvalue weighted by Gasteiger charge is 2.25. The molecule has 2 unspecified atom stereocenters. The van der Waals surface area contributed by atoms with Gasteiger partial charge in [0.2, 0.25) is 0 Å². The van der Waals surface area contributed by atoms with Gasteiger partial charge in [0.15, 0.2) is 0 Å². The molecule has 0 spiro atoms. The van der Waals surface area contributed by atoms with Crippen LogP contribution >= 0.6 is 0 Å². The maximum absolute atomic E-state index is 10.6. The molecule has 1 saturated heterocycles. The first-order chi connectivity index (χ1) is 12.1. The number of hydrogen-bond acceptors (Lipinski definition) is 6. The number of aliphatic hydroxyl groups excluding tert-OH is 1. The van der Waals surface area contributed by atoms with Gasteiger partial charge in [0.05, 0.1) is 18.2 Å². The van der Waals surface area contributed by atoms with Crippen molar-refractivity contribution < 1.29 is 10.2 Å². The zero-order valence-corrected chi connectivity index (χ0v) is 14.6. The molecule has 0 radical (unpaired) electrons. The van der Waals surface area contributed by atoms with Crippen LogP contribution in [0, 0.1) is 0 Å². The topological polar surface area (TPSA) is 81.5 Å². The zero-order chi connectivity index (χ0) is 17.7. The Labute approximate surface area is 148 Å². The standard InChI is InChI=1S/C19H26N4O2/c1-19(25,15-6-3-2-4-7-15)9-10-20-17-12-18(22-14-21-17)23-11-5-8-16(23)13-24/h2-4,6-7,12,14,16,24-25H,5,8-11,13H2,1H3,(H,20,21,22). The second-order valence-electron chi connectivity index (χ2n) is 6.75. The number of benzene rings is 1. The Morgan fingerprint density at radius 2 is 2.08 bits per heavy atom. The number of anilines is 2. The summed E-state index contributed by atoms with van der Waals surface area (Å²) in [5, 5.41) is 23.4. The van der Waals surface area contributed by atoms with Crippen molar-refractivity contribution in [2.24, 2.45) is 0 Å². The van der Waals surface area contributed by atoms with Crippen LogP contribution in [0.4, 0.5) is 11.6 Å². The third-order valence-corrected chi connectivity index (χ3v) is 4.85. The smallest absolute Gasteiger partial charge is 0.134 e. The van der Waals surface area contributed by atoms with Gasteiger partial charge in [-0.2, -0.15) is 0 Å². The van der Waals surface area contributed by atoms with E-state index in [0.29, 0.717) is 13.0 Å². The summed E-state index contributed by atoms with van der Waals surface area (Å²) in [6.45, 7) is 3.48. The van der Waals surface area contributed by atoms with E-state index in [0.717, 1.165) is 36.6 Å². The Kier molecular flexibility index (Phi) is 5.50. The van der Waals surface area contributed by atoms with Gasteiger partial charge >= 0.3 is 0 Å². The van der Waals surface area contributed by atoms with Crippen LogP contribution in [0.5, 0.6) is 0 Å². The van der Waals surface area contributed by atoms with E-state index >= 15 is 0 Å². The van der Waals surface area contributed by atoms with Crippen molar-refractivity contribution in [2.45, 2.75) is 37.8 Å². The molecule has 1 aliphatic rings. The van der Waals surface area contributed by atoms with Gasteiger partial charge in [0, 0.05) is 19.2 Å². The van der Waals surface area contributed by atoms with Crippen molar-refractivity contribution in [2.75, 3.05) is 29.9 Å². The van der Waals surface area contributed by atoms with E-state index in [1.807, 2.05) is 43.3 Å². The minimum absolute atomic E-state index is 0.140. The van der Waals surface area contributed by atoms with E-state index in [-0.39, 0.29) is 12.6 Å². The van der Waals surface area contributed by atoms with Gasteiger partial charge in [-0.3, -0.25) is 0 Å². The van der Waals surface area contributed by atoms with Gasteiger partial charge in [-0.05, 0) is 31.7 Å². The van der Waals surface area contributed by atoms with Crippen molar-refractivity contribution in [3.63, 3.8) is 0 Å². The van der Waals surface area contributed by atoms with Crippen LogP contribution in [-0.4, -0.2) is 45.9 Å². The van der Waals surface area contributed by atoms with Crippen LogP contribution in [0.2, 0.25) is 0 Å². The van der Waals surface area contributed by atoms with E-state index in [1.54, 1.807) is 6.33 Å². The summed E-state index contributed by atoms with van der Waals surface area (Å²) >= 11 is 0. The summed E-state index contributed by atoms with van der Waals surface area (Å²) < 4.78 is 0. The van der Waals surface area contributed by atoms with E-state index in [2.05, 4.69) is 20.2 Å². The summed E-state index contributed by atoms with van der Waals surface area (Å²) in [4.78, 5) is 10.7. The zero-order valence-electron chi connectivity index (χ0n) is 14.6. The molecule has 2 aromatic rings. The predicted octanol–water partition coefficient (Wildman–Crippen LogP) is 2.15. The molecular weight excluding hydrogens is 316 g/mol. The summed E-state index contributed by atoms with van der Waals surface area (Å²) in [6.07, 6.45) is 4.17. The Morgan fingerprint density at radius 1 is 1.28 bits per heavy atom. The highest BCUT2D eigenvalue weighted by Crippen LogP contribution is 2.26. The Balaban J connectivity index is 1.59. The average molecular weight is 342 g/mol. The molecule has 2 heterocycles. The number of nitrogens with zero attached hydrogens (tertiary/aromatic N) is 3. The third kappa shape index (κ3) is 4.27. The predicted molar refractivity (Wildman–Crippen MR) is 98.6 cm³/mol. The summed E-state index contributed by atoms with van der Waals surface area (Å²) in [6, 6.07) is 11.7. The summed E-state index contributed by atoms with van der Waals surface area (Å²) in [7, 11) is 0. The molecule has 3 N–H and O–H groups in total. The number of rotatable bonds is 7. The fraction of sp³-hybridized carbons (Fsp3) is 0.474. The molecule has 25 heavy (non-hydrogen) atoms. The quantitative estimate of drug-likeness (QED) is 0.715. The van der Waals surface area contributed by atoms with Crippen LogP contribution in [-0.2, 0) is 5.60 Å². The number of aliphatic hydroxyl groups is 2. The van der Waals surface area contributed by atoms with E-state index in [4.69, 9.17) is 0 Å². The number of hydrogen-bond donors (Lipinski definition) is 3. The molecule has 134 valence electrons. The molecular formula is C19H26N4O2. The minimum atomic E-state index is -0.888. The monoisotopic (exact) mass is 342 g/mol. The lowest BCUT2D eigenvalue weighted by Crippen LogP contribution is -2.32. The molecule has 0 aliphatic carbocycles. The van der Waals surface area contributed by atoms with E-state index in [1.165, 1.54) is 0 Å². The van der Waals surface area contributed by atoms with Crippen LogP contribution < -0.4 is 10.2 Å². The third-order valence-electron chi connectivity index (χ3n) is 4.85. The molecule has 1 aromatic heterocycles. The van der Waals surface area contributed by atoms with Crippen molar-refractivity contribution in [3.8, 4) is 0 Å². The van der Waals surface area contributed by atoms with Gasteiger partial charge in [-0.15, -0.1) is 0 Å². The lowest BCUT2D eigenvalue weighted by Gasteiger charge is -2.25. The van der Waals surface area contributed by atoms with Gasteiger partial charge in [-0.25, -0.2) is 9.97 Å². The fourth-order valence-corrected chi connectivity index (χ4v) is 3.30. The van der Waals surface area contributed by atoms with Crippen molar-refractivity contribution in [1.29, 1.82) is 0 Å². The maximum atomic E-state index is 10.6. The minimum Gasteiger partial charge on any atom is -0.394 e. The van der Waals surface area contributed by atoms with Crippen molar-refractivity contribution in [3.05, 3.63) is 48.3 Å². The molecule has 6 heteroatoms. The molecule has 0 saturated carbocycles. The van der Waals surface area contributed by atoms with Crippen molar-refractivity contribution >= 4 is 11.6 Å². The van der Waals surface area contributed by atoms with Gasteiger partial charge in [-0.1, -0.05) is 30.3 Å². The fourth-order valence-electron chi connectivity index (χ4n) is 3.30. The summed E-state index contributed by atoms with van der Waals surface area (Å²) in [5.41, 5.74) is 0.0177. The average Bonchev–Trinajstić information content (AvgIpc) is 3.11. The SMILES string of the molecule is CC(O)(CCNc1cc(N2CCCC2CO)ncn1)c1ccccc1. The highest BCUT2D eigenvalue weighted by atomic mass is 16.3. The molecule has 6 nitrogen and oxygen atoms in total. The Morgan fingerprint density at radius 3 is 2.84 bits per heavy atom. The normalized spacial score (nSPS) is 19.6. The van der Waals surface area contributed by atoms with Crippen LogP contribution in [0.3, 0.4) is 0 Å². The molecule has 0 amide bonds. The molecule has 0 bridgehead atoms. The largest absolute Gasteiger partial charge is 0.394 e. The lowest BCUT2D eigenvalue weighted by molar-refractivity contribution is 0.0515. The van der Waals surface area contributed by atoms with Crippen LogP contribution in [0.15, 0.2) is 42.7 Å². The van der Waals surface area contributed by atoms with Gasteiger partial charge in [0.1, 0.15) is 18.0 Å². The Bertz CT molecular complexity index is 678. The lowest BCUT2D eigenvalue weighted by atomic mass is 9.93. The molecule has 1 fully saturated rings. The highest BCUT2D eigenvalue weighted by molar-refractivity contribution is 5.49. The second-order valence-corrected chi connectivity index (χ2v) is 6.75. The molecule has 1 aromatic carbocycles. The summed E-state index contributed by atoms with van der Waals surface area (Å²) in [5.74, 6) is 1.57. The van der Waals surface area contributed by atoms with E-state index in [9.17, 15) is 10.2 Å². The first-order valence-corrected chi connectivity index (χ1v) is 8.81. The van der Waals surface area contributed by atoms with Gasteiger partial charge < -0.3 is 20.4 Å². The van der Waals surface area contributed by atoms with Crippen LogP contribution in [0.1, 0.15) is 31.7 Å². The van der Waals surface area contributed by atoms with Crippen LogP contribution in [0.25, 0.3) is 0 Å². The number of aromatic nitrogens is 2. The first kappa shape index (κ1) is 17.6. The second kappa shape index (κ2) is 7.80. The maximum Gasteiger partial charge on any atom is 0.134 e. The van der Waals surface area contributed by atoms with E-state index < -0.39 is 5.60 Å². The first-order valence-electron chi connectivity index (χ1n) is 8.81.